The molecule has 0 fully saturated rings. The maximum absolute atomic E-state index is 6.14. The van der Waals surface area contributed by atoms with E-state index in [0.717, 1.165) is 22.6 Å². The lowest BCUT2D eigenvalue weighted by atomic mass is 10.1. The zero-order valence-corrected chi connectivity index (χ0v) is 18.1. The zero-order valence-electron chi connectivity index (χ0n) is 17.1. The van der Waals surface area contributed by atoms with Gasteiger partial charge in [0.1, 0.15) is 5.75 Å². The van der Waals surface area contributed by atoms with E-state index in [2.05, 4.69) is 19.6 Å². The van der Waals surface area contributed by atoms with E-state index in [1.807, 2.05) is 42.5 Å². The number of rotatable bonds is 8. The van der Waals surface area contributed by atoms with Gasteiger partial charge < -0.3 is 23.4 Å². The average Bonchev–Trinajstić information content (AvgIpc) is 2.64. The highest BCUT2D eigenvalue weighted by atomic mass is 28.4. The van der Waals surface area contributed by atoms with Gasteiger partial charge >= 0.3 is 0 Å². The Kier molecular flexibility index (Phi) is 6.79. The third-order valence-electron chi connectivity index (χ3n) is 3.76. The van der Waals surface area contributed by atoms with E-state index in [9.17, 15) is 0 Å². The maximum Gasteiger partial charge on any atom is 0.242 e. The van der Waals surface area contributed by atoms with Gasteiger partial charge in [0.2, 0.25) is 14.1 Å². The predicted molar refractivity (Wildman–Crippen MR) is 112 cm³/mol. The quantitative estimate of drug-likeness (QED) is 0.465. The molecule has 0 amide bonds. The summed E-state index contributed by atoms with van der Waals surface area (Å²) in [5.41, 5.74) is 1.95. The molecule has 0 spiro atoms. The van der Waals surface area contributed by atoms with Crippen LogP contribution in [0.2, 0.25) is 19.6 Å². The molecule has 0 saturated carbocycles. The van der Waals surface area contributed by atoms with Crippen molar-refractivity contribution in [2.45, 2.75) is 19.6 Å². The van der Waals surface area contributed by atoms with Crippen molar-refractivity contribution in [2.24, 2.45) is 0 Å². The second kappa shape index (κ2) is 8.86. The number of hydrogen-bond donors (Lipinski definition) is 0. The summed E-state index contributed by atoms with van der Waals surface area (Å²) in [7, 11) is 4.71. The van der Waals surface area contributed by atoms with E-state index in [1.54, 1.807) is 28.4 Å². The monoisotopic (exact) mass is 388 g/mol. The Bertz CT molecular complexity index is 784. The molecule has 0 bridgehead atoms. The van der Waals surface area contributed by atoms with Crippen molar-refractivity contribution in [2.75, 3.05) is 28.4 Å². The van der Waals surface area contributed by atoms with E-state index < -0.39 is 8.32 Å². The van der Waals surface area contributed by atoms with Gasteiger partial charge in [-0.25, -0.2) is 0 Å². The Morgan fingerprint density at radius 1 is 0.630 bits per heavy atom. The minimum atomic E-state index is -1.74. The molecule has 6 heteroatoms. The lowest BCUT2D eigenvalue weighted by molar-refractivity contribution is 0.324. The van der Waals surface area contributed by atoms with Gasteiger partial charge in [0.15, 0.2) is 17.2 Å². The first-order chi connectivity index (χ1) is 12.8. The predicted octanol–water partition coefficient (Wildman–Crippen LogP) is 5.11. The number of methoxy groups -OCH3 is 4. The Balaban J connectivity index is 2.36. The number of ether oxygens (including phenoxy) is 4. The minimum absolute atomic E-state index is 0.576. The van der Waals surface area contributed by atoms with Gasteiger partial charge in [-0.05, 0) is 55.0 Å². The molecular formula is C21H28O5Si. The highest BCUT2D eigenvalue weighted by Gasteiger charge is 2.19. The molecule has 5 nitrogen and oxygen atoms in total. The zero-order chi connectivity index (χ0) is 20.0. The van der Waals surface area contributed by atoms with Crippen LogP contribution in [-0.4, -0.2) is 36.8 Å². The third-order valence-corrected chi connectivity index (χ3v) is 4.59. The van der Waals surface area contributed by atoms with Crippen molar-refractivity contribution >= 4 is 20.5 Å². The number of hydrogen-bond acceptors (Lipinski definition) is 5. The molecule has 2 aromatic carbocycles. The molecule has 2 rings (SSSR count). The highest BCUT2D eigenvalue weighted by Crippen LogP contribution is 2.38. The minimum Gasteiger partial charge on any atom is -0.542 e. The van der Waals surface area contributed by atoms with Crippen LogP contribution in [-0.2, 0) is 0 Å². The molecule has 146 valence electrons. The maximum atomic E-state index is 6.14. The Morgan fingerprint density at radius 2 is 1.15 bits per heavy atom. The van der Waals surface area contributed by atoms with Gasteiger partial charge in [-0.1, -0.05) is 18.2 Å². The van der Waals surface area contributed by atoms with E-state index in [4.69, 9.17) is 23.4 Å². The van der Waals surface area contributed by atoms with Crippen molar-refractivity contribution in [1.29, 1.82) is 0 Å². The largest absolute Gasteiger partial charge is 0.542 e. The van der Waals surface area contributed by atoms with E-state index in [1.165, 1.54) is 0 Å². The summed E-state index contributed by atoms with van der Waals surface area (Å²) in [5, 5.41) is 0. The first kappa shape index (κ1) is 20.7. The molecule has 27 heavy (non-hydrogen) atoms. The summed E-state index contributed by atoms with van der Waals surface area (Å²) in [6, 6.07) is 9.71. The van der Waals surface area contributed by atoms with E-state index in [0.29, 0.717) is 17.2 Å². The van der Waals surface area contributed by atoms with Gasteiger partial charge in [0, 0.05) is 0 Å². The van der Waals surface area contributed by atoms with Crippen LogP contribution in [0.15, 0.2) is 30.3 Å². The van der Waals surface area contributed by atoms with Crippen molar-refractivity contribution in [3.8, 4) is 28.7 Å². The fraction of sp³-hybridized carbons (Fsp3) is 0.333. The molecule has 0 aliphatic rings. The first-order valence-corrected chi connectivity index (χ1v) is 12.1. The Hall–Kier alpha value is -2.60. The summed E-state index contributed by atoms with van der Waals surface area (Å²) < 4.78 is 27.7. The molecule has 0 N–H and O–H groups in total. The van der Waals surface area contributed by atoms with Crippen LogP contribution >= 0.6 is 0 Å². The molecule has 0 saturated heterocycles. The molecule has 0 radical (unpaired) electrons. The van der Waals surface area contributed by atoms with Gasteiger partial charge in [0.25, 0.3) is 0 Å². The molecule has 0 unspecified atom stereocenters. The van der Waals surface area contributed by atoms with E-state index >= 15 is 0 Å². The smallest absolute Gasteiger partial charge is 0.242 e. The van der Waals surface area contributed by atoms with Crippen LogP contribution in [0.5, 0.6) is 28.7 Å². The Labute approximate surface area is 162 Å². The summed E-state index contributed by atoms with van der Waals surface area (Å²) in [6.07, 6.45) is 4.00. The standard InChI is InChI=1S/C21H28O5Si/c1-22-17-11-10-15(12-18(17)26-27(5,6)7)8-9-16-13-19(23-2)21(25-4)20(14-16)24-3/h8-14H,1-7H3/b9-8-. The van der Waals surface area contributed by atoms with Crippen LogP contribution in [0, 0.1) is 0 Å². The summed E-state index contributed by atoms with van der Waals surface area (Å²) in [4.78, 5) is 0. The second-order valence-corrected chi connectivity index (χ2v) is 11.3. The van der Waals surface area contributed by atoms with Crippen LogP contribution in [0.1, 0.15) is 11.1 Å². The number of benzene rings is 2. The lowest BCUT2D eigenvalue weighted by Gasteiger charge is -2.21. The highest BCUT2D eigenvalue weighted by molar-refractivity contribution is 6.70. The fourth-order valence-electron chi connectivity index (χ4n) is 2.60. The van der Waals surface area contributed by atoms with Crippen LogP contribution in [0.25, 0.3) is 12.2 Å². The fourth-order valence-corrected chi connectivity index (χ4v) is 3.42. The molecule has 2 aromatic rings. The van der Waals surface area contributed by atoms with Crippen molar-refractivity contribution in [1.82, 2.24) is 0 Å². The summed E-state index contributed by atoms with van der Waals surface area (Å²) >= 11 is 0. The lowest BCUT2D eigenvalue weighted by Crippen LogP contribution is -2.29. The average molecular weight is 389 g/mol. The van der Waals surface area contributed by atoms with Gasteiger partial charge in [0.05, 0.1) is 28.4 Å². The van der Waals surface area contributed by atoms with Crippen LogP contribution in [0.3, 0.4) is 0 Å². The molecular weight excluding hydrogens is 360 g/mol. The van der Waals surface area contributed by atoms with Crippen molar-refractivity contribution in [3.63, 3.8) is 0 Å². The second-order valence-electron chi connectivity index (χ2n) is 6.92. The molecule has 0 aromatic heterocycles. The van der Waals surface area contributed by atoms with Crippen LogP contribution in [0.4, 0.5) is 0 Å². The molecule has 0 atom stereocenters. The summed E-state index contributed by atoms with van der Waals surface area (Å²) in [5.74, 6) is 3.32. The van der Waals surface area contributed by atoms with Crippen LogP contribution < -0.4 is 23.4 Å². The first-order valence-electron chi connectivity index (χ1n) is 8.66. The summed E-state index contributed by atoms with van der Waals surface area (Å²) in [6.45, 7) is 6.43. The van der Waals surface area contributed by atoms with Crippen molar-refractivity contribution < 1.29 is 23.4 Å². The topological polar surface area (TPSA) is 46.2 Å². The Morgan fingerprint density at radius 3 is 1.63 bits per heavy atom. The normalized spacial score (nSPS) is 11.4. The van der Waals surface area contributed by atoms with Crippen molar-refractivity contribution in [3.05, 3.63) is 41.5 Å². The third kappa shape index (κ3) is 5.43. The molecule has 0 heterocycles. The van der Waals surface area contributed by atoms with Gasteiger partial charge in [-0.3, -0.25) is 0 Å². The SMILES string of the molecule is COc1ccc(/C=C\c2cc(OC)c(OC)c(OC)c2)cc1O[Si](C)(C)C. The molecule has 0 aliphatic heterocycles. The van der Waals surface area contributed by atoms with E-state index in [-0.39, 0.29) is 0 Å². The van der Waals surface area contributed by atoms with Gasteiger partial charge in [-0.2, -0.15) is 0 Å². The molecule has 0 aliphatic carbocycles. The van der Waals surface area contributed by atoms with Gasteiger partial charge in [-0.15, -0.1) is 0 Å².